The number of rotatable bonds is 4. The summed E-state index contributed by atoms with van der Waals surface area (Å²) in [5.74, 6) is 1.78. The Hall–Kier alpha value is -7.11. The number of benzene rings is 8. The van der Waals surface area contributed by atoms with Crippen LogP contribution in [0.25, 0.3) is 111 Å². The van der Waals surface area contributed by atoms with E-state index in [2.05, 4.69) is 91.0 Å². The summed E-state index contributed by atoms with van der Waals surface area (Å²) >= 11 is 0. The molecule has 3 aromatic heterocycles. The van der Waals surface area contributed by atoms with E-state index < -0.39 is 0 Å². The van der Waals surface area contributed by atoms with Crippen LogP contribution in [0.4, 0.5) is 0 Å². The third-order valence-electron chi connectivity index (χ3n) is 10.1. The SMILES string of the molecule is c1ccc(-c2nc(-c3ccc4ccc5ccccc5c4c3)nc(-c3cc(-c4cccc5oc6ccccc6c45)cc4oc5ccccc5c34)n2)cc1. The molecule has 8 aromatic carbocycles. The average Bonchev–Trinajstić information content (AvgIpc) is 3.79. The molecule has 0 unspecified atom stereocenters. The highest BCUT2D eigenvalue weighted by molar-refractivity contribution is 6.16. The number of furan rings is 2. The van der Waals surface area contributed by atoms with Gasteiger partial charge >= 0.3 is 0 Å². The van der Waals surface area contributed by atoms with Gasteiger partial charge in [0.15, 0.2) is 17.5 Å². The lowest BCUT2D eigenvalue weighted by molar-refractivity contribution is 0.668. The van der Waals surface area contributed by atoms with Crippen molar-refractivity contribution in [2.45, 2.75) is 0 Å². The molecule has 5 nitrogen and oxygen atoms in total. The van der Waals surface area contributed by atoms with Gasteiger partial charge in [-0.25, -0.2) is 15.0 Å². The van der Waals surface area contributed by atoms with E-state index in [9.17, 15) is 0 Å². The van der Waals surface area contributed by atoms with Crippen molar-refractivity contribution in [3.8, 4) is 45.3 Å². The van der Waals surface area contributed by atoms with Crippen LogP contribution < -0.4 is 0 Å². The first-order valence-corrected chi connectivity index (χ1v) is 17.3. The number of para-hydroxylation sites is 2. The van der Waals surface area contributed by atoms with E-state index in [0.29, 0.717) is 17.5 Å². The van der Waals surface area contributed by atoms with Crippen LogP contribution in [0.5, 0.6) is 0 Å². The lowest BCUT2D eigenvalue weighted by Gasteiger charge is -2.12. The van der Waals surface area contributed by atoms with Crippen molar-refractivity contribution in [1.82, 2.24) is 15.0 Å². The Labute approximate surface area is 297 Å². The van der Waals surface area contributed by atoms with Gasteiger partial charge in [-0.05, 0) is 69.1 Å². The average molecular weight is 666 g/mol. The van der Waals surface area contributed by atoms with E-state index in [-0.39, 0.29) is 0 Å². The number of nitrogens with zero attached hydrogens (tertiary/aromatic N) is 3. The Kier molecular flexibility index (Phi) is 6.18. The summed E-state index contributed by atoms with van der Waals surface area (Å²) in [6.07, 6.45) is 0. The van der Waals surface area contributed by atoms with Gasteiger partial charge in [0, 0.05) is 38.2 Å². The quantitative estimate of drug-likeness (QED) is 0.175. The molecular formula is C47H27N3O2. The molecule has 0 saturated heterocycles. The van der Waals surface area contributed by atoms with Gasteiger partial charge in [0.25, 0.3) is 0 Å². The molecule has 0 atom stereocenters. The highest BCUT2D eigenvalue weighted by Crippen LogP contribution is 2.43. The maximum atomic E-state index is 6.58. The van der Waals surface area contributed by atoms with Crippen LogP contribution in [-0.2, 0) is 0 Å². The zero-order chi connectivity index (χ0) is 34.2. The molecule has 0 radical (unpaired) electrons. The number of aromatic nitrogens is 3. The molecule has 0 saturated carbocycles. The van der Waals surface area contributed by atoms with Gasteiger partial charge in [0.1, 0.15) is 22.3 Å². The van der Waals surface area contributed by atoms with Gasteiger partial charge in [0.2, 0.25) is 0 Å². The molecule has 0 aliphatic rings. The minimum atomic E-state index is 0.574. The van der Waals surface area contributed by atoms with Gasteiger partial charge in [0.05, 0.1) is 0 Å². The summed E-state index contributed by atoms with van der Waals surface area (Å²) in [5, 5.41) is 8.81. The van der Waals surface area contributed by atoms with Crippen molar-refractivity contribution in [1.29, 1.82) is 0 Å². The Morgan fingerprint density at radius 2 is 0.885 bits per heavy atom. The minimum absolute atomic E-state index is 0.574. The Morgan fingerprint density at radius 1 is 0.308 bits per heavy atom. The molecular weight excluding hydrogens is 639 g/mol. The Balaban J connectivity index is 1.21. The summed E-state index contributed by atoms with van der Waals surface area (Å²) in [6, 6.07) is 56.3. The molecule has 0 bridgehead atoms. The minimum Gasteiger partial charge on any atom is -0.456 e. The summed E-state index contributed by atoms with van der Waals surface area (Å²) in [5.41, 5.74) is 8.00. The lowest BCUT2D eigenvalue weighted by atomic mass is 9.95. The van der Waals surface area contributed by atoms with Crippen molar-refractivity contribution in [3.05, 3.63) is 164 Å². The largest absolute Gasteiger partial charge is 0.456 e. The highest BCUT2D eigenvalue weighted by Gasteiger charge is 2.21. The standard InChI is InChI=1S/C47H27N3O2/c1-2-12-30(13-3-1)45-48-46(31-24-23-29-22-21-28-11-4-5-14-33(28)37(29)25-31)50-47(49-45)38-26-32(27-42-44(38)36-16-7-9-19-40(36)52-42)34-17-10-20-41-43(34)35-15-6-8-18-39(35)51-41/h1-27H. The molecule has 0 aliphatic carbocycles. The van der Waals surface area contributed by atoms with E-state index in [0.717, 1.165) is 77.1 Å². The van der Waals surface area contributed by atoms with Gasteiger partial charge in [-0.1, -0.05) is 127 Å². The first kappa shape index (κ1) is 28.7. The zero-order valence-corrected chi connectivity index (χ0v) is 27.7. The number of hydrogen-bond acceptors (Lipinski definition) is 5. The predicted octanol–water partition coefficient (Wildman–Crippen LogP) is 12.6. The summed E-state index contributed by atoms with van der Waals surface area (Å²) in [6.45, 7) is 0. The fourth-order valence-corrected chi connectivity index (χ4v) is 7.68. The van der Waals surface area contributed by atoms with Crippen molar-refractivity contribution in [2.75, 3.05) is 0 Å². The van der Waals surface area contributed by atoms with Crippen LogP contribution in [0.2, 0.25) is 0 Å². The third-order valence-corrected chi connectivity index (χ3v) is 10.1. The van der Waals surface area contributed by atoms with E-state index in [1.165, 1.54) is 16.2 Å². The maximum Gasteiger partial charge on any atom is 0.164 e. The molecule has 0 spiro atoms. The second-order valence-electron chi connectivity index (χ2n) is 13.2. The molecule has 11 aromatic rings. The monoisotopic (exact) mass is 665 g/mol. The summed E-state index contributed by atoms with van der Waals surface area (Å²) in [4.78, 5) is 15.6. The van der Waals surface area contributed by atoms with Crippen LogP contribution in [0.15, 0.2) is 173 Å². The van der Waals surface area contributed by atoms with Gasteiger partial charge in [-0.15, -0.1) is 0 Å². The second-order valence-corrected chi connectivity index (χ2v) is 13.2. The molecule has 52 heavy (non-hydrogen) atoms. The fourth-order valence-electron chi connectivity index (χ4n) is 7.68. The Bertz CT molecular complexity index is 3190. The van der Waals surface area contributed by atoms with Crippen LogP contribution in [0, 0.1) is 0 Å². The first-order chi connectivity index (χ1) is 25.7. The van der Waals surface area contributed by atoms with Crippen molar-refractivity contribution < 1.29 is 8.83 Å². The molecule has 5 heteroatoms. The summed E-state index contributed by atoms with van der Waals surface area (Å²) < 4.78 is 12.9. The van der Waals surface area contributed by atoms with Crippen LogP contribution in [0.1, 0.15) is 0 Å². The molecule has 242 valence electrons. The first-order valence-electron chi connectivity index (χ1n) is 17.3. The van der Waals surface area contributed by atoms with Crippen LogP contribution in [-0.4, -0.2) is 15.0 Å². The normalized spacial score (nSPS) is 11.8. The van der Waals surface area contributed by atoms with Crippen molar-refractivity contribution in [2.24, 2.45) is 0 Å². The second kappa shape index (κ2) is 11.2. The van der Waals surface area contributed by atoms with Crippen molar-refractivity contribution >= 4 is 65.4 Å². The zero-order valence-electron chi connectivity index (χ0n) is 27.7. The maximum absolute atomic E-state index is 6.58. The molecule has 11 rings (SSSR count). The van der Waals surface area contributed by atoms with Crippen LogP contribution in [0.3, 0.4) is 0 Å². The third kappa shape index (κ3) is 4.46. The van der Waals surface area contributed by atoms with E-state index in [4.69, 9.17) is 23.8 Å². The van der Waals surface area contributed by atoms with Crippen LogP contribution >= 0.6 is 0 Å². The molecule has 0 amide bonds. The number of fused-ring (bicyclic) bond motifs is 9. The Morgan fingerprint density at radius 3 is 1.67 bits per heavy atom. The molecule has 0 N–H and O–H groups in total. The smallest absolute Gasteiger partial charge is 0.164 e. The van der Waals surface area contributed by atoms with E-state index in [1.807, 2.05) is 72.8 Å². The predicted molar refractivity (Wildman–Crippen MR) is 211 cm³/mol. The van der Waals surface area contributed by atoms with Crippen molar-refractivity contribution in [3.63, 3.8) is 0 Å². The molecule has 3 heterocycles. The molecule has 0 aliphatic heterocycles. The molecule has 0 fully saturated rings. The van der Waals surface area contributed by atoms with Gasteiger partial charge < -0.3 is 8.83 Å². The topological polar surface area (TPSA) is 65.0 Å². The van der Waals surface area contributed by atoms with Gasteiger partial charge in [-0.2, -0.15) is 0 Å². The summed E-state index contributed by atoms with van der Waals surface area (Å²) in [7, 11) is 0. The van der Waals surface area contributed by atoms with E-state index in [1.54, 1.807) is 0 Å². The lowest BCUT2D eigenvalue weighted by Crippen LogP contribution is -2.01. The fraction of sp³-hybridized carbons (Fsp3) is 0. The van der Waals surface area contributed by atoms with E-state index >= 15 is 0 Å². The van der Waals surface area contributed by atoms with Gasteiger partial charge in [-0.3, -0.25) is 0 Å². The highest BCUT2D eigenvalue weighted by atomic mass is 16.3. The number of hydrogen-bond donors (Lipinski definition) is 0.